The summed E-state index contributed by atoms with van der Waals surface area (Å²) in [5.41, 5.74) is 2.53. The molecule has 0 aliphatic heterocycles. The van der Waals surface area contributed by atoms with Crippen LogP contribution < -0.4 is 5.32 Å². The number of quaternary nitrogens is 1. The average molecular weight is 282 g/mol. The van der Waals surface area contributed by atoms with E-state index in [0.29, 0.717) is 5.58 Å². The molecular formula is C17H13FNO2+. The fourth-order valence-corrected chi connectivity index (χ4v) is 2.54. The van der Waals surface area contributed by atoms with Crippen LogP contribution in [0.1, 0.15) is 5.76 Å². The monoisotopic (exact) mass is 282 g/mol. The van der Waals surface area contributed by atoms with Gasteiger partial charge in [0.1, 0.15) is 29.2 Å². The lowest BCUT2D eigenvalue weighted by atomic mass is 10.1. The van der Waals surface area contributed by atoms with Crippen molar-refractivity contribution in [3.8, 4) is 0 Å². The lowest BCUT2D eigenvalue weighted by Crippen LogP contribution is -2.76. The number of fused-ring (bicyclic) bond motifs is 3. The molecule has 104 valence electrons. The van der Waals surface area contributed by atoms with Crippen LogP contribution in [0.3, 0.4) is 0 Å². The molecule has 0 unspecified atom stereocenters. The number of rotatable bonds is 3. The molecule has 0 atom stereocenters. The van der Waals surface area contributed by atoms with Crippen LogP contribution in [0.15, 0.2) is 63.6 Å². The zero-order valence-electron chi connectivity index (χ0n) is 11.2. The second-order valence-electron chi connectivity index (χ2n) is 4.99. The highest BCUT2D eigenvalue weighted by atomic mass is 19.1. The maximum atomic E-state index is 13.4. The molecule has 0 radical (unpaired) electrons. The molecule has 4 aromatic rings. The van der Waals surface area contributed by atoms with Crippen LogP contribution in [0.5, 0.6) is 0 Å². The van der Waals surface area contributed by atoms with Crippen molar-refractivity contribution in [1.82, 2.24) is 0 Å². The molecule has 2 N–H and O–H groups in total. The third kappa shape index (κ3) is 2.19. The quantitative estimate of drug-likeness (QED) is 0.582. The second kappa shape index (κ2) is 4.75. The van der Waals surface area contributed by atoms with Crippen LogP contribution in [-0.4, -0.2) is 0 Å². The topological polar surface area (TPSA) is 42.9 Å². The van der Waals surface area contributed by atoms with E-state index in [4.69, 9.17) is 8.83 Å². The largest absolute Gasteiger partial charge is 0.463 e. The van der Waals surface area contributed by atoms with Crippen molar-refractivity contribution < 1.29 is 18.5 Å². The zero-order chi connectivity index (χ0) is 14.2. The summed E-state index contributed by atoms with van der Waals surface area (Å²) in [5, 5.41) is 3.81. The lowest BCUT2D eigenvalue weighted by molar-refractivity contribution is -0.590. The number of halogens is 1. The fourth-order valence-electron chi connectivity index (χ4n) is 2.54. The van der Waals surface area contributed by atoms with Gasteiger partial charge in [-0.2, -0.15) is 0 Å². The molecule has 4 rings (SSSR count). The minimum Gasteiger partial charge on any atom is -0.463 e. The van der Waals surface area contributed by atoms with Gasteiger partial charge in [0.25, 0.3) is 0 Å². The summed E-state index contributed by atoms with van der Waals surface area (Å²) in [7, 11) is 0. The Labute approximate surface area is 120 Å². The fraction of sp³-hybridized carbons (Fsp3) is 0.0588. The maximum absolute atomic E-state index is 13.4. The summed E-state index contributed by atoms with van der Waals surface area (Å²) in [5.74, 6) is 0.661. The zero-order valence-corrected chi connectivity index (χ0v) is 11.2. The first kappa shape index (κ1) is 12.2. The van der Waals surface area contributed by atoms with Crippen molar-refractivity contribution in [2.24, 2.45) is 0 Å². The van der Waals surface area contributed by atoms with Crippen LogP contribution in [0, 0.1) is 5.82 Å². The Kier molecular flexibility index (Phi) is 2.75. The van der Waals surface area contributed by atoms with Crippen LogP contribution >= 0.6 is 0 Å². The predicted molar refractivity (Wildman–Crippen MR) is 77.7 cm³/mol. The van der Waals surface area contributed by atoms with Gasteiger partial charge in [0.15, 0.2) is 5.76 Å². The van der Waals surface area contributed by atoms with E-state index >= 15 is 0 Å². The number of hydrogen-bond acceptors (Lipinski definition) is 2. The SMILES string of the molecule is Fc1ccc2oc3ccc([NH2+]Cc4ccco4)cc3c2c1. The normalized spacial score (nSPS) is 11.5. The highest BCUT2D eigenvalue weighted by Gasteiger charge is 2.10. The first-order chi connectivity index (χ1) is 10.3. The van der Waals surface area contributed by atoms with Gasteiger partial charge in [0, 0.05) is 22.9 Å². The summed E-state index contributed by atoms with van der Waals surface area (Å²) in [6.45, 7) is 0.725. The van der Waals surface area contributed by atoms with E-state index in [2.05, 4.69) is 5.32 Å². The molecule has 3 nitrogen and oxygen atoms in total. The molecule has 0 amide bonds. The molecule has 4 heteroatoms. The van der Waals surface area contributed by atoms with E-state index in [-0.39, 0.29) is 5.82 Å². The van der Waals surface area contributed by atoms with Gasteiger partial charge in [-0.05, 0) is 36.4 Å². The highest BCUT2D eigenvalue weighted by molar-refractivity contribution is 6.05. The molecule has 0 bridgehead atoms. The highest BCUT2D eigenvalue weighted by Crippen LogP contribution is 2.30. The summed E-state index contributed by atoms with van der Waals surface area (Å²) < 4.78 is 24.4. The Bertz CT molecular complexity index is 909. The van der Waals surface area contributed by atoms with Gasteiger partial charge in [0.2, 0.25) is 0 Å². The minimum absolute atomic E-state index is 0.254. The van der Waals surface area contributed by atoms with Crippen molar-refractivity contribution in [3.63, 3.8) is 0 Å². The van der Waals surface area contributed by atoms with Crippen LogP contribution in [-0.2, 0) is 6.54 Å². The number of benzene rings is 2. The first-order valence-electron chi connectivity index (χ1n) is 6.77. The molecule has 2 aromatic carbocycles. The first-order valence-corrected chi connectivity index (χ1v) is 6.77. The van der Waals surface area contributed by atoms with Crippen molar-refractivity contribution in [3.05, 3.63) is 66.4 Å². The van der Waals surface area contributed by atoms with Crippen molar-refractivity contribution in [2.75, 3.05) is 0 Å². The lowest BCUT2D eigenvalue weighted by Gasteiger charge is -1.99. The summed E-state index contributed by atoms with van der Waals surface area (Å²) in [4.78, 5) is 0. The molecule has 0 fully saturated rings. The molecule has 0 aliphatic carbocycles. The Morgan fingerprint density at radius 1 is 0.952 bits per heavy atom. The number of hydrogen-bond donors (Lipinski definition) is 1. The second-order valence-corrected chi connectivity index (χ2v) is 4.99. The van der Waals surface area contributed by atoms with E-state index < -0.39 is 0 Å². The maximum Gasteiger partial charge on any atom is 0.158 e. The summed E-state index contributed by atoms with van der Waals surface area (Å²) in [6.07, 6.45) is 1.67. The Hall–Kier alpha value is -2.59. The van der Waals surface area contributed by atoms with Crippen LogP contribution in [0.2, 0.25) is 0 Å². The van der Waals surface area contributed by atoms with Crippen LogP contribution in [0.4, 0.5) is 10.1 Å². The molecule has 2 heterocycles. The van der Waals surface area contributed by atoms with Crippen molar-refractivity contribution in [2.45, 2.75) is 6.54 Å². The molecule has 0 saturated heterocycles. The summed E-state index contributed by atoms with van der Waals surface area (Å²) in [6, 6.07) is 14.3. The Morgan fingerprint density at radius 3 is 2.57 bits per heavy atom. The van der Waals surface area contributed by atoms with E-state index in [9.17, 15) is 4.39 Å². The van der Waals surface area contributed by atoms with E-state index in [1.165, 1.54) is 12.1 Å². The van der Waals surface area contributed by atoms with Crippen LogP contribution in [0.25, 0.3) is 21.9 Å². The molecule has 0 spiro atoms. The molecule has 21 heavy (non-hydrogen) atoms. The van der Waals surface area contributed by atoms with Gasteiger partial charge in [-0.1, -0.05) is 0 Å². The van der Waals surface area contributed by atoms with E-state index in [1.54, 1.807) is 12.3 Å². The average Bonchev–Trinajstić information content (AvgIpc) is 3.12. The Morgan fingerprint density at radius 2 is 1.76 bits per heavy atom. The van der Waals surface area contributed by atoms with Gasteiger partial charge < -0.3 is 14.2 Å². The van der Waals surface area contributed by atoms with Gasteiger partial charge >= 0.3 is 0 Å². The van der Waals surface area contributed by atoms with Crippen molar-refractivity contribution >= 4 is 27.6 Å². The third-order valence-corrected chi connectivity index (χ3v) is 3.57. The van der Waals surface area contributed by atoms with Gasteiger partial charge in [-0.15, -0.1) is 0 Å². The van der Waals surface area contributed by atoms with E-state index in [0.717, 1.165) is 34.3 Å². The summed E-state index contributed by atoms with van der Waals surface area (Å²) >= 11 is 0. The van der Waals surface area contributed by atoms with Gasteiger partial charge in [-0.25, -0.2) is 4.39 Å². The molecule has 2 aromatic heterocycles. The van der Waals surface area contributed by atoms with Gasteiger partial charge in [-0.3, -0.25) is 0 Å². The molecular weight excluding hydrogens is 269 g/mol. The Balaban J connectivity index is 1.74. The molecule has 0 aliphatic rings. The smallest absolute Gasteiger partial charge is 0.158 e. The third-order valence-electron chi connectivity index (χ3n) is 3.57. The minimum atomic E-state index is -0.254. The standard InChI is InChI=1S/C17H12FNO2/c18-11-3-5-16-14(8-11)15-9-12(4-6-17(15)21-16)19-10-13-2-1-7-20-13/h1-9,19H,10H2/p+1. The number of furan rings is 2. The van der Waals surface area contributed by atoms with Crippen molar-refractivity contribution in [1.29, 1.82) is 0 Å². The molecule has 0 saturated carbocycles. The predicted octanol–water partition coefficient (Wildman–Crippen LogP) is 3.71. The van der Waals surface area contributed by atoms with Gasteiger partial charge in [0.05, 0.1) is 6.26 Å². The van der Waals surface area contributed by atoms with E-state index in [1.807, 2.05) is 30.3 Å². The number of nitrogens with two attached hydrogens (primary N) is 1.